The molecular weight excluding hydrogens is 376 g/mol. The topological polar surface area (TPSA) is 71.3 Å². The van der Waals surface area contributed by atoms with Gasteiger partial charge < -0.3 is 14.7 Å². The van der Waals surface area contributed by atoms with Crippen LogP contribution in [0.1, 0.15) is 76.7 Å². The number of amides is 1. The van der Waals surface area contributed by atoms with Crippen LogP contribution >= 0.6 is 0 Å². The molecule has 0 spiro atoms. The summed E-state index contributed by atoms with van der Waals surface area (Å²) in [7, 11) is 0. The number of hydrogen-bond donors (Lipinski definition) is 1. The first-order valence-corrected chi connectivity index (χ1v) is 11.6. The van der Waals surface area contributed by atoms with E-state index in [9.17, 15) is 4.79 Å². The fourth-order valence-corrected chi connectivity index (χ4v) is 4.55. The van der Waals surface area contributed by atoms with Gasteiger partial charge in [0.05, 0.1) is 0 Å². The predicted octanol–water partition coefficient (Wildman–Crippen LogP) is 4.92. The van der Waals surface area contributed by atoms with E-state index in [0.29, 0.717) is 23.8 Å². The van der Waals surface area contributed by atoms with E-state index in [0.717, 1.165) is 44.3 Å². The minimum atomic E-state index is 0.0930. The van der Waals surface area contributed by atoms with E-state index < -0.39 is 0 Å². The highest BCUT2D eigenvalue weighted by molar-refractivity contribution is 5.79. The van der Waals surface area contributed by atoms with Crippen LogP contribution in [0.3, 0.4) is 0 Å². The summed E-state index contributed by atoms with van der Waals surface area (Å²) in [5, 5.41) is 7.48. The maximum absolute atomic E-state index is 12.7. The van der Waals surface area contributed by atoms with E-state index in [1.807, 2.05) is 12.1 Å². The van der Waals surface area contributed by atoms with E-state index in [4.69, 9.17) is 4.52 Å². The van der Waals surface area contributed by atoms with Crippen LogP contribution in [-0.2, 0) is 4.79 Å². The molecule has 2 fully saturated rings. The van der Waals surface area contributed by atoms with Gasteiger partial charge in [-0.2, -0.15) is 4.98 Å². The van der Waals surface area contributed by atoms with Crippen molar-refractivity contribution in [2.45, 2.75) is 77.2 Å². The second kappa shape index (κ2) is 9.63. The number of benzene rings is 1. The lowest BCUT2D eigenvalue weighted by Gasteiger charge is -2.30. The number of rotatable bonds is 5. The van der Waals surface area contributed by atoms with Crippen molar-refractivity contribution < 1.29 is 9.32 Å². The number of aromatic nitrogens is 2. The first-order chi connectivity index (χ1) is 14.6. The summed E-state index contributed by atoms with van der Waals surface area (Å²) in [5.74, 6) is 1.45. The van der Waals surface area contributed by atoms with E-state index in [-0.39, 0.29) is 11.8 Å². The van der Waals surface area contributed by atoms with Gasteiger partial charge in [0, 0.05) is 30.6 Å². The number of nitrogens with one attached hydrogen (secondary N) is 1. The van der Waals surface area contributed by atoms with E-state index in [2.05, 4.69) is 46.3 Å². The Hall–Kier alpha value is -2.37. The van der Waals surface area contributed by atoms with Gasteiger partial charge in [0.15, 0.2) is 0 Å². The van der Waals surface area contributed by atoms with Gasteiger partial charge in [0.2, 0.25) is 11.7 Å². The third-order valence-corrected chi connectivity index (χ3v) is 6.59. The molecule has 1 aliphatic carbocycles. The van der Waals surface area contributed by atoms with Crippen molar-refractivity contribution in [3.05, 3.63) is 29.8 Å². The minimum absolute atomic E-state index is 0.0930. The molecule has 0 atom stereocenters. The summed E-state index contributed by atoms with van der Waals surface area (Å²) in [6, 6.07) is 9.27. The Labute approximate surface area is 179 Å². The Kier molecular flexibility index (Phi) is 6.70. The monoisotopic (exact) mass is 410 g/mol. The van der Waals surface area contributed by atoms with Gasteiger partial charge in [0.1, 0.15) is 0 Å². The van der Waals surface area contributed by atoms with Crippen LogP contribution in [0.4, 0.5) is 6.01 Å². The molecule has 1 saturated heterocycles. The maximum atomic E-state index is 12.7. The summed E-state index contributed by atoms with van der Waals surface area (Å²) in [5.41, 5.74) is 2.26. The van der Waals surface area contributed by atoms with Crippen molar-refractivity contribution in [2.24, 2.45) is 5.92 Å². The molecule has 2 heterocycles. The van der Waals surface area contributed by atoms with Crippen molar-refractivity contribution in [3.8, 4) is 11.4 Å². The number of carbonyl (C=O) groups excluding carboxylic acids is 1. The van der Waals surface area contributed by atoms with E-state index in [1.54, 1.807) is 0 Å². The fourth-order valence-electron chi connectivity index (χ4n) is 4.55. The molecule has 6 nitrogen and oxygen atoms in total. The molecule has 1 aromatic carbocycles. The van der Waals surface area contributed by atoms with Crippen LogP contribution in [0, 0.1) is 5.92 Å². The van der Waals surface area contributed by atoms with Crippen molar-refractivity contribution in [3.63, 3.8) is 0 Å². The zero-order valence-electron chi connectivity index (χ0n) is 18.3. The van der Waals surface area contributed by atoms with Crippen molar-refractivity contribution in [1.82, 2.24) is 15.5 Å². The lowest BCUT2D eigenvalue weighted by Crippen LogP contribution is -2.43. The lowest BCUT2D eigenvalue weighted by molar-refractivity contribution is -0.126. The second-order valence-electron chi connectivity index (χ2n) is 9.14. The standard InChI is InChI=1S/C24H34N4O2/c1-17(2)18-9-11-19(12-10-18)22-26-24(30-27-22)28-15-13-20(14-16-28)23(29)25-21-7-5-3-4-6-8-21/h9-12,17,20-21H,3-8,13-16H2,1-2H3,(H,25,29). The Morgan fingerprint density at radius 3 is 2.33 bits per heavy atom. The Bertz CT molecular complexity index is 814. The molecule has 0 bridgehead atoms. The molecule has 1 N–H and O–H groups in total. The van der Waals surface area contributed by atoms with Crippen LogP contribution in [0.25, 0.3) is 11.4 Å². The molecule has 0 unspecified atom stereocenters. The van der Waals surface area contributed by atoms with Crippen molar-refractivity contribution in [1.29, 1.82) is 0 Å². The molecular formula is C24H34N4O2. The zero-order valence-corrected chi connectivity index (χ0v) is 18.3. The number of hydrogen-bond acceptors (Lipinski definition) is 5. The van der Waals surface area contributed by atoms with Gasteiger partial charge >= 0.3 is 6.01 Å². The average molecular weight is 411 g/mol. The highest BCUT2D eigenvalue weighted by Gasteiger charge is 2.29. The van der Waals surface area contributed by atoms with E-state index in [1.165, 1.54) is 31.2 Å². The lowest BCUT2D eigenvalue weighted by atomic mass is 9.95. The fraction of sp³-hybridized carbons (Fsp3) is 0.625. The molecule has 6 heteroatoms. The smallest absolute Gasteiger partial charge is 0.324 e. The molecule has 2 aliphatic rings. The molecule has 0 radical (unpaired) electrons. The molecule has 1 saturated carbocycles. The van der Waals surface area contributed by atoms with Gasteiger partial charge in [-0.25, -0.2) is 0 Å². The van der Waals surface area contributed by atoms with Gasteiger partial charge in [-0.05, 0) is 37.2 Å². The highest BCUT2D eigenvalue weighted by Crippen LogP contribution is 2.26. The summed E-state index contributed by atoms with van der Waals surface area (Å²) >= 11 is 0. The Morgan fingerprint density at radius 2 is 1.70 bits per heavy atom. The minimum Gasteiger partial charge on any atom is -0.353 e. The Morgan fingerprint density at radius 1 is 1.03 bits per heavy atom. The zero-order chi connectivity index (χ0) is 20.9. The molecule has 4 rings (SSSR count). The largest absolute Gasteiger partial charge is 0.353 e. The molecule has 1 aromatic heterocycles. The summed E-state index contributed by atoms with van der Waals surface area (Å²) in [6.07, 6.45) is 9.02. The van der Waals surface area contributed by atoms with Crippen molar-refractivity contribution >= 4 is 11.9 Å². The van der Waals surface area contributed by atoms with Crippen LogP contribution in [0.15, 0.2) is 28.8 Å². The highest BCUT2D eigenvalue weighted by atomic mass is 16.5. The van der Waals surface area contributed by atoms with Crippen molar-refractivity contribution in [2.75, 3.05) is 18.0 Å². The van der Waals surface area contributed by atoms with Crippen LogP contribution in [-0.4, -0.2) is 35.2 Å². The first-order valence-electron chi connectivity index (χ1n) is 11.6. The third-order valence-electron chi connectivity index (χ3n) is 6.59. The molecule has 162 valence electrons. The van der Waals surface area contributed by atoms with E-state index >= 15 is 0 Å². The number of piperidine rings is 1. The number of nitrogens with zero attached hydrogens (tertiary/aromatic N) is 3. The third kappa shape index (κ3) is 5.02. The number of anilines is 1. The molecule has 30 heavy (non-hydrogen) atoms. The summed E-state index contributed by atoms with van der Waals surface area (Å²) in [6.45, 7) is 5.91. The summed E-state index contributed by atoms with van der Waals surface area (Å²) in [4.78, 5) is 19.4. The molecule has 1 aliphatic heterocycles. The summed E-state index contributed by atoms with van der Waals surface area (Å²) < 4.78 is 5.53. The van der Waals surface area contributed by atoms with Crippen LogP contribution in [0.2, 0.25) is 0 Å². The van der Waals surface area contributed by atoms with Gasteiger partial charge in [0.25, 0.3) is 0 Å². The van der Waals surface area contributed by atoms with Gasteiger partial charge in [-0.3, -0.25) is 4.79 Å². The second-order valence-corrected chi connectivity index (χ2v) is 9.14. The van der Waals surface area contributed by atoms with Gasteiger partial charge in [-0.15, -0.1) is 0 Å². The first kappa shape index (κ1) is 20.9. The molecule has 1 amide bonds. The number of carbonyl (C=O) groups is 1. The predicted molar refractivity (Wildman–Crippen MR) is 118 cm³/mol. The molecule has 2 aromatic rings. The average Bonchev–Trinajstić information content (AvgIpc) is 3.12. The van der Waals surface area contributed by atoms with Crippen LogP contribution < -0.4 is 10.2 Å². The SMILES string of the molecule is CC(C)c1ccc(-c2noc(N3CCC(C(=O)NC4CCCCCC4)CC3)n2)cc1. The van der Waals surface area contributed by atoms with Crippen LogP contribution in [0.5, 0.6) is 0 Å². The quantitative estimate of drug-likeness (QED) is 0.709. The maximum Gasteiger partial charge on any atom is 0.324 e. The Balaban J connectivity index is 1.30. The van der Waals surface area contributed by atoms with Gasteiger partial charge in [-0.1, -0.05) is 69.0 Å². The normalized spacial score (nSPS) is 19.1.